The fourth-order valence-electron chi connectivity index (χ4n) is 2.35. The lowest BCUT2D eigenvalue weighted by molar-refractivity contribution is 0.575. The molecule has 24 heavy (non-hydrogen) atoms. The highest BCUT2D eigenvalue weighted by Crippen LogP contribution is 2.31. The van der Waals surface area contributed by atoms with Crippen molar-refractivity contribution in [3.8, 4) is 6.07 Å². The van der Waals surface area contributed by atoms with E-state index in [0.717, 1.165) is 18.6 Å². The molecular weight excluding hydrogens is 310 g/mol. The third-order valence-electron chi connectivity index (χ3n) is 3.94. The van der Waals surface area contributed by atoms with Gasteiger partial charge in [-0.1, -0.05) is 20.4 Å². The fourth-order valence-corrected chi connectivity index (χ4v) is 2.35. The zero-order valence-corrected chi connectivity index (χ0v) is 13.6. The second-order valence-corrected chi connectivity index (χ2v) is 5.41. The van der Waals surface area contributed by atoms with Crippen LogP contribution in [0.15, 0.2) is 47.4 Å². The quantitative estimate of drug-likeness (QED) is 0.665. The summed E-state index contributed by atoms with van der Waals surface area (Å²) in [5, 5.41) is 9.41. The minimum Gasteiger partial charge on any atom is -0.396 e. The van der Waals surface area contributed by atoms with Gasteiger partial charge in [0.1, 0.15) is 5.82 Å². The number of nitrogens with two attached hydrogens (primary N) is 1. The maximum Gasteiger partial charge on any atom is 0.158 e. The molecule has 0 amide bonds. The molecule has 0 saturated heterocycles. The highest BCUT2D eigenvalue weighted by atomic mass is 19.1. The Hall–Kier alpha value is -2.94. The Bertz CT molecular complexity index is 800. The average molecular weight is 328 g/mol. The molecule has 124 valence electrons. The SMILES string of the molecule is C=CN1C=C(c2c(F)ccc(N)c2F)N=C/C1=C(\C#N)C(C)CC. The molecule has 6 heteroatoms. The molecule has 0 radical (unpaired) electrons. The number of aliphatic imine (C=N–C) groups is 1. The molecule has 4 nitrogen and oxygen atoms in total. The van der Waals surface area contributed by atoms with Crippen molar-refractivity contribution in [1.29, 1.82) is 5.26 Å². The van der Waals surface area contributed by atoms with Gasteiger partial charge in [0.2, 0.25) is 0 Å². The van der Waals surface area contributed by atoms with Crippen molar-refractivity contribution in [3.05, 3.63) is 59.6 Å². The van der Waals surface area contributed by atoms with Crippen LogP contribution in [-0.2, 0) is 0 Å². The Morgan fingerprint density at radius 2 is 2.21 bits per heavy atom. The number of benzene rings is 1. The fraction of sp³-hybridized carbons (Fsp3) is 0.222. The zero-order chi connectivity index (χ0) is 17.9. The Morgan fingerprint density at radius 1 is 1.50 bits per heavy atom. The van der Waals surface area contributed by atoms with E-state index >= 15 is 0 Å². The molecule has 0 aromatic heterocycles. The smallest absolute Gasteiger partial charge is 0.158 e. The van der Waals surface area contributed by atoms with E-state index in [1.165, 1.54) is 23.5 Å². The molecule has 1 unspecified atom stereocenters. The highest BCUT2D eigenvalue weighted by Gasteiger charge is 2.22. The van der Waals surface area contributed by atoms with Crippen LogP contribution in [0.3, 0.4) is 0 Å². The number of nitrogens with zero attached hydrogens (tertiary/aromatic N) is 3. The molecule has 0 bridgehead atoms. The van der Waals surface area contributed by atoms with Gasteiger partial charge in [0.25, 0.3) is 0 Å². The molecule has 1 aromatic carbocycles. The predicted octanol–water partition coefficient (Wildman–Crippen LogP) is 4.20. The van der Waals surface area contributed by atoms with Gasteiger partial charge in [0, 0.05) is 12.4 Å². The Kier molecular flexibility index (Phi) is 5.14. The third-order valence-corrected chi connectivity index (χ3v) is 3.94. The van der Waals surface area contributed by atoms with Gasteiger partial charge in [0.05, 0.1) is 40.5 Å². The first-order valence-corrected chi connectivity index (χ1v) is 7.49. The van der Waals surface area contributed by atoms with Crippen LogP contribution in [0.25, 0.3) is 5.70 Å². The number of allylic oxidation sites excluding steroid dienone is 2. The van der Waals surface area contributed by atoms with E-state index in [-0.39, 0.29) is 22.9 Å². The summed E-state index contributed by atoms with van der Waals surface area (Å²) in [6.07, 6.45) is 5.09. The first-order valence-electron chi connectivity index (χ1n) is 7.49. The molecule has 0 saturated carbocycles. The monoisotopic (exact) mass is 328 g/mol. The zero-order valence-electron chi connectivity index (χ0n) is 13.6. The van der Waals surface area contributed by atoms with Crippen molar-refractivity contribution in [2.75, 3.05) is 5.73 Å². The van der Waals surface area contributed by atoms with E-state index in [9.17, 15) is 14.0 Å². The largest absolute Gasteiger partial charge is 0.396 e. The number of anilines is 1. The first kappa shape index (κ1) is 17.4. The first-order chi connectivity index (χ1) is 11.4. The Balaban J connectivity index is 2.57. The van der Waals surface area contributed by atoms with E-state index in [0.29, 0.717) is 11.3 Å². The van der Waals surface area contributed by atoms with Crippen molar-refractivity contribution in [2.45, 2.75) is 20.3 Å². The summed E-state index contributed by atoms with van der Waals surface area (Å²) in [5.41, 5.74) is 6.19. The summed E-state index contributed by atoms with van der Waals surface area (Å²) in [5.74, 6) is -1.60. The molecule has 2 rings (SSSR count). The number of nitrogen functional groups attached to an aromatic ring is 1. The number of hydrogen-bond donors (Lipinski definition) is 1. The van der Waals surface area contributed by atoms with Crippen molar-refractivity contribution in [2.24, 2.45) is 10.9 Å². The van der Waals surface area contributed by atoms with Gasteiger partial charge in [-0.25, -0.2) is 8.78 Å². The molecule has 1 aliphatic heterocycles. The van der Waals surface area contributed by atoms with Crippen LogP contribution < -0.4 is 5.73 Å². The Labute approximate surface area is 139 Å². The number of rotatable bonds is 4. The number of halogens is 2. The van der Waals surface area contributed by atoms with E-state index < -0.39 is 11.6 Å². The minimum absolute atomic E-state index is 0.0229. The molecule has 2 N–H and O–H groups in total. The maximum absolute atomic E-state index is 14.2. The van der Waals surface area contributed by atoms with Crippen LogP contribution in [0.4, 0.5) is 14.5 Å². The van der Waals surface area contributed by atoms with Crippen molar-refractivity contribution in [1.82, 2.24) is 4.90 Å². The van der Waals surface area contributed by atoms with Crippen molar-refractivity contribution < 1.29 is 8.78 Å². The lowest BCUT2D eigenvalue weighted by Crippen LogP contribution is -2.19. The molecule has 1 atom stereocenters. The van der Waals surface area contributed by atoms with Crippen LogP contribution in [0.5, 0.6) is 0 Å². The van der Waals surface area contributed by atoms with Crippen LogP contribution in [0.1, 0.15) is 25.8 Å². The molecular formula is C18H18F2N4. The van der Waals surface area contributed by atoms with Crippen molar-refractivity contribution >= 4 is 17.6 Å². The van der Waals surface area contributed by atoms with Gasteiger partial charge in [0.15, 0.2) is 5.82 Å². The Morgan fingerprint density at radius 3 is 2.79 bits per heavy atom. The lowest BCUT2D eigenvalue weighted by atomic mass is 9.97. The van der Waals surface area contributed by atoms with E-state index in [2.05, 4.69) is 17.6 Å². The van der Waals surface area contributed by atoms with Gasteiger partial charge in [-0.3, -0.25) is 4.99 Å². The second-order valence-electron chi connectivity index (χ2n) is 5.41. The van der Waals surface area contributed by atoms with Gasteiger partial charge in [-0.05, 0) is 24.5 Å². The van der Waals surface area contributed by atoms with Crippen LogP contribution >= 0.6 is 0 Å². The van der Waals surface area contributed by atoms with E-state index in [4.69, 9.17) is 5.73 Å². The van der Waals surface area contributed by atoms with Crippen LogP contribution in [0.2, 0.25) is 0 Å². The maximum atomic E-state index is 14.2. The topological polar surface area (TPSA) is 65.4 Å². The summed E-state index contributed by atoms with van der Waals surface area (Å²) in [6, 6.07) is 4.43. The van der Waals surface area contributed by atoms with Crippen LogP contribution in [-0.4, -0.2) is 11.1 Å². The van der Waals surface area contributed by atoms with Gasteiger partial charge in [-0.2, -0.15) is 5.26 Å². The summed E-state index contributed by atoms with van der Waals surface area (Å²) in [6.45, 7) is 7.59. The standard InChI is InChI=1S/C18H18F2N4/c1-4-11(3)12(8-21)16-9-23-15(10-24(16)5-2)17-13(19)6-7-14(22)18(17)20/h5-7,9-11H,2,4,22H2,1,3H3/b16-12-. The summed E-state index contributed by atoms with van der Waals surface area (Å²) in [4.78, 5) is 5.67. The normalized spacial score (nSPS) is 17.1. The van der Waals surface area contributed by atoms with Gasteiger partial charge >= 0.3 is 0 Å². The summed E-state index contributed by atoms with van der Waals surface area (Å²) >= 11 is 0. The summed E-state index contributed by atoms with van der Waals surface area (Å²) < 4.78 is 28.2. The summed E-state index contributed by atoms with van der Waals surface area (Å²) in [7, 11) is 0. The highest BCUT2D eigenvalue weighted by molar-refractivity contribution is 5.89. The minimum atomic E-state index is -0.864. The second kappa shape index (κ2) is 7.09. The van der Waals surface area contributed by atoms with Crippen LogP contribution in [0, 0.1) is 28.9 Å². The predicted molar refractivity (Wildman–Crippen MR) is 91.4 cm³/mol. The molecule has 1 heterocycles. The molecule has 0 aliphatic carbocycles. The average Bonchev–Trinajstić information content (AvgIpc) is 2.59. The van der Waals surface area contributed by atoms with Gasteiger partial charge < -0.3 is 10.6 Å². The number of nitriles is 1. The number of hydrogen-bond acceptors (Lipinski definition) is 4. The van der Waals surface area contributed by atoms with E-state index in [1.54, 1.807) is 0 Å². The molecule has 0 fully saturated rings. The third kappa shape index (κ3) is 3.06. The lowest BCUT2D eigenvalue weighted by Gasteiger charge is -2.24. The molecule has 1 aromatic rings. The van der Waals surface area contributed by atoms with E-state index in [1.807, 2.05) is 13.8 Å². The van der Waals surface area contributed by atoms with Crippen molar-refractivity contribution in [3.63, 3.8) is 0 Å². The van der Waals surface area contributed by atoms with Gasteiger partial charge in [-0.15, -0.1) is 0 Å². The molecule has 0 spiro atoms. The molecule has 1 aliphatic rings.